The van der Waals surface area contributed by atoms with Crippen LogP contribution in [0.2, 0.25) is 0 Å². The fourth-order valence-corrected chi connectivity index (χ4v) is 4.67. The highest BCUT2D eigenvalue weighted by Gasteiger charge is 2.51. The van der Waals surface area contributed by atoms with Crippen LogP contribution in [0.1, 0.15) is 53.4 Å². The van der Waals surface area contributed by atoms with Crippen molar-refractivity contribution in [2.45, 2.75) is 56.1 Å². The first kappa shape index (κ1) is 33.8. The Hall–Kier alpha value is -3.73. The summed E-state index contributed by atoms with van der Waals surface area (Å²) in [7, 11) is 2.18. The number of rotatable bonds is 6. The summed E-state index contributed by atoms with van der Waals surface area (Å²) in [6.07, 6.45) is -2.06. The van der Waals surface area contributed by atoms with Crippen LogP contribution in [0.3, 0.4) is 0 Å². The second-order valence-corrected chi connectivity index (χ2v) is 10.5. The van der Waals surface area contributed by atoms with Gasteiger partial charge in [-0.2, -0.15) is 26.3 Å². The molecule has 2 aromatic rings. The molecule has 5 rings (SSSR count). The molecule has 2 N–H and O–H groups in total. The lowest BCUT2D eigenvalue weighted by molar-refractivity contribution is -0.193. The SMILES string of the molecule is CN1CCC(COCc2cccnc2)CC12CN(C(=O)c1cc(C3CC3)on1)C2.O=C(O)C(F)(F)F.O=C(O)C(F)(F)F. The second-order valence-electron chi connectivity index (χ2n) is 10.5. The molecule has 4 heterocycles. The summed E-state index contributed by atoms with van der Waals surface area (Å²) in [5, 5.41) is 18.3. The average Bonchev–Trinajstić information content (AvgIpc) is 3.64. The third-order valence-corrected chi connectivity index (χ3v) is 7.17. The predicted molar refractivity (Wildman–Crippen MR) is 134 cm³/mol. The van der Waals surface area contributed by atoms with E-state index in [1.807, 2.05) is 29.3 Å². The van der Waals surface area contributed by atoms with Gasteiger partial charge in [0.25, 0.3) is 5.91 Å². The minimum absolute atomic E-state index is 0.00498. The van der Waals surface area contributed by atoms with Gasteiger partial charge < -0.3 is 24.4 Å². The second kappa shape index (κ2) is 13.7. The van der Waals surface area contributed by atoms with E-state index in [9.17, 15) is 31.1 Å². The lowest BCUT2D eigenvalue weighted by atomic mass is 9.75. The Morgan fingerprint density at radius 1 is 1.07 bits per heavy atom. The van der Waals surface area contributed by atoms with Crippen LogP contribution in [0, 0.1) is 5.92 Å². The number of aromatic nitrogens is 2. The van der Waals surface area contributed by atoms with Crippen molar-refractivity contribution in [3.8, 4) is 0 Å². The maximum atomic E-state index is 12.8. The van der Waals surface area contributed by atoms with E-state index in [2.05, 4.69) is 22.1 Å². The number of halogens is 6. The van der Waals surface area contributed by atoms with E-state index in [1.165, 1.54) is 0 Å². The molecule has 2 aromatic heterocycles. The number of amides is 1. The number of hydrogen-bond acceptors (Lipinski definition) is 8. The molecule has 0 aromatic carbocycles. The average molecular weight is 625 g/mol. The van der Waals surface area contributed by atoms with Crippen molar-refractivity contribution < 1.29 is 60.2 Å². The molecular weight excluding hydrogens is 594 g/mol. The van der Waals surface area contributed by atoms with Crippen LogP contribution in [0.4, 0.5) is 26.3 Å². The molecule has 43 heavy (non-hydrogen) atoms. The summed E-state index contributed by atoms with van der Waals surface area (Å²) in [5.41, 5.74) is 1.63. The van der Waals surface area contributed by atoms with Crippen LogP contribution in [-0.2, 0) is 20.9 Å². The molecule has 2 saturated heterocycles. The zero-order valence-electron chi connectivity index (χ0n) is 22.9. The van der Waals surface area contributed by atoms with Gasteiger partial charge in [0, 0.05) is 44.1 Å². The first-order valence-electron chi connectivity index (χ1n) is 13.1. The summed E-state index contributed by atoms with van der Waals surface area (Å²) in [6, 6.07) is 5.81. The highest BCUT2D eigenvalue weighted by atomic mass is 19.4. The van der Waals surface area contributed by atoms with Crippen molar-refractivity contribution in [1.82, 2.24) is 19.9 Å². The number of hydrogen-bond donors (Lipinski definition) is 2. The highest BCUT2D eigenvalue weighted by molar-refractivity contribution is 5.93. The molecule has 11 nitrogen and oxygen atoms in total. The van der Waals surface area contributed by atoms with Crippen molar-refractivity contribution in [2.24, 2.45) is 5.92 Å². The number of likely N-dealkylation sites (tertiary alicyclic amines) is 2. The fourth-order valence-electron chi connectivity index (χ4n) is 4.67. The Kier molecular flexibility index (Phi) is 10.8. The van der Waals surface area contributed by atoms with E-state index in [4.69, 9.17) is 29.1 Å². The summed E-state index contributed by atoms with van der Waals surface area (Å²) < 4.78 is 74.8. The quantitative estimate of drug-likeness (QED) is 0.453. The molecule has 3 fully saturated rings. The maximum absolute atomic E-state index is 12.8. The molecule has 1 atom stereocenters. The molecule has 1 aliphatic carbocycles. The summed E-state index contributed by atoms with van der Waals surface area (Å²) in [6.45, 7) is 3.92. The Balaban J connectivity index is 0.000000303. The van der Waals surface area contributed by atoms with E-state index >= 15 is 0 Å². The number of carboxylic acids is 2. The predicted octanol–water partition coefficient (Wildman–Crippen LogP) is 3.97. The summed E-state index contributed by atoms with van der Waals surface area (Å²) >= 11 is 0. The van der Waals surface area contributed by atoms with Crippen LogP contribution in [0.25, 0.3) is 0 Å². The van der Waals surface area contributed by atoms with E-state index in [0.717, 1.165) is 63.2 Å². The Labute approximate surface area is 241 Å². The van der Waals surface area contributed by atoms with Gasteiger partial charge in [0.05, 0.1) is 12.1 Å². The molecule has 2 aliphatic heterocycles. The molecule has 3 aliphatic rings. The number of nitrogens with zero attached hydrogens (tertiary/aromatic N) is 4. The van der Waals surface area contributed by atoms with Gasteiger partial charge in [-0.05, 0) is 56.8 Å². The standard InChI is InChI=1S/C22H28N4O3.2C2HF3O2/c1-25-8-6-16(12-28-13-17-3-2-7-23-11-17)10-22(25)14-26(15-22)21(27)19-9-20(29-24-19)18-4-5-18;2*3-2(4,5)1(6)7/h2-3,7,9,11,16,18H,4-6,8,10,12-15H2,1H3;2*(H,6,7). The lowest BCUT2D eigenvalue weighted by Gasteiger charge is -2.58. The maximum Gasteiger partial charge on any atom is 0.490 e. The topological polar surface area (TPSA) is 146 Å². The van der Waals surface area contributed by atoms with Crippen molar-refractivity contribution in [3.05, 3.63) is 47.6 Å². The van der Waals surface area contributed by atoms with Gasteiger partial charge >= 0.3 is 24.3 Å². The normalized spacial score (nSPS) is 19.8. The molecule has 0 bridgehead atoms. The molecule has 17 heteroatoms. The van der Waals surface area contributed by atoms with Gasteiger partial charge in [0.1, 0.15) is 5.76 Å². The van der Waals surface area contributed by atoms with Crippen LogP contribution in [0.5, 0.6) is 0 Å². The zero-order chi connectivity index (χ0) is 32.0. The summed E-state index contributed by atoms with van der Waals surface area (Å²) in [5.74, 6) is -3.66. The van der Waals surface area contributed by atoms with Crippen molar-refractivity contribution >= 4 is 17.8 Å². The third-order valence-electron chi connectivity index (χ3n) is 7.17. The number of likely N-dealkylation sites (N-methyl/N-ethyl adjacent to an activating group) is 1. The van der Waals surface area contributed by atoms with Gasteiger partial charge in [0.15, 0.2) is 5.69 Å². The molecule has 0 radical (unpaired) electrons. The molecular formula is C26H30F6N4O7. The van der Waals surface area contributed by atoms with Crippen molar-refractivity contribution in [2.75, 3.05) is 33.3 Å². The number of alkyl halides is 6. The van der Waals surface area contributed by atoms with E-state index in [1.54, 1.807) is 6.20 Å². The van der Waals surface area contributed by atoms with Crippen molar-refractivity contribution in [1.29, 1.82) is 0 Å². The minimum atomic E-state index is -5.08. The van der Waals surface area contributed by atoms with Gasteiger partial charge in [-0.15, -0.1) is 0 Å². The van der Waals surface area contributed by atoms with Gasteiger partial charge in [-0.1, -0.05) is 11.2 Å². The highest BCUT2D eigenvalue weighted by Crippen LogP contribution is 2.41. The molecule has 1 amide bonds. The molecule has 1 saturated carbocycles. The van der Waals surface area contributed by atoms with Crippen molar-refractivity contribution in [3.63, 3.8) is 0 Å². The Bertz CT molecular complexity index is 1220. The summed E-state index contributed by atoms with van der Waals surface area (Å²) in [4.78, 5) is 39.0. The molecule has 1 unspecified atom stereocenters. The number of ether oxygens (including phenoxy) is 1. The Morgan fingerprint density at radius 3 is 2.19 bits per heavy atom. The largest absolute Gasteiger partial charge is 0.490 e. The minimum Gasteiger partial charge on any atom is -0.475 e. The zero-order valence-corrected chi connectivity index (χ0v) is 22.9. The van der Waals surface area contributed by atoms with Gasteiger partial charge in [0.2, 0.25) is 0 Å². The van der Waals surface area contributed by atoms with Crippen LogP contribution in [0.15, 0.2) is 35.1 Å². The van der Waals surface area contributed by atoms with Crippen LogP contribution >= 0.6 is 0 Å². The first-order valence-corrected chi connectivity index (χ1v) is 13.1. The number of pyridine rings is 1. The number of carboxylic acid groups (broad SMARTS) is 2. The van der Waals surface area contributed by atoms with Crippen LogP contribution in [-0.4, -0.2) is 99.2 Å². The number of carbonyl (C=O) groups excluding carboxylic acids is 1. The van der Waals surface area contributed by atoms with E-state index in [-0.39, 0.29) is 11.4 Å². The van der Waals surface area contributed by atoms with Gasteiger partial charge in [-0.25, -0.2) is 9.59 Å². The molecule has 238 valence electrons. The number of piperidine rings is 1. The smallest absolute Gasteiger partial charge is 0.475 e. The monoisotopic (exact) mass is 624 g/mol. The van der Waals surface area contributed by atoms with Gasteiger partial charge in [-0.3, -0.25) is 14.7 Å². The third kappa shape index (κ3) is 9.64. The fraction of sp³-hybridized carbons (Fsp3) is 0.577. The molecule has 1 spiro atoms. The number of aliphatic carboxylic acids is 2. The van der Waals surface area contributed by atoms with E-state index in [0.29, 0.717) is 24.1 Å². The Morgan fingerprint density at radius 2 is 1.67 bits per heavy atom. The van der Waals surface area contributed by atoms with Crippen LogP contribution < -0.4 is 0 Å². The number of carbonyl (C=O) groups is 3. The lowest BCUT2D eigenvalue weighted by Crippen LogP contribution is -2.72. The first-order chi connectivity index (χ1) is 20.0. The van der Waals surface area contributed by atoms with E-state index < -0.39 is 24.3 Å².